The van der Waals surface area contributed by atoms with E-state index >= 15 is 0 Å². The van der Waals surface area contributed by atoms with Crippen molar-refractivity contribution in [1.82, 2.24) is 15.0 Å². The minimum absolute atomic E-state index is 0.263. The standard InChI is InChI=1S/C19H17N5O2/c1-26-19(25)14(12-20)17-18(22-11-9-13-6-4-5-10-21-13)24-16-8-3-2-7-15(16)23-17/h2-8,10,14H,9,11H2,1H3,(H,22,24)/t14-/m0/s1. The van der Waals surface area contributed by atoms with Crippen molar-refractivity contribution in [3.05, 3.63) is 60.0 Å². The van der Waals surface area contributed by atoms with Gasteiger partial charge in [-0.1, -0.05) is 18.2 Å². The van der Waals surface area contributed by atoms with Crippen LogP contribution in [0.25, 0.3) is 11.0 Å². The van der Waals surface area contributed by atoms with Crippen molar-refractivity contribution in [3.63, 3.8) is 0 Å². The van der Waals surface area contributed by atoms with E-state index in [0.29, 0.717) is 29.8 Å². The van der Waals surface area contributed by atoms with Crippen LogP contribution in [-0.2, 0) is 16.0 Å². The van der Waals surface area contributed by atoms with Gasteiger partial charge in [0.15, 0.2) is 11.7 Å². The van der Waals surface area contributed by atoms with Gasteiger partial charge in [0, 0.05) is 24.9 Å². The molecule has 0 unspecified atom stereocenters. The van der Waals surface area contributed by atoms with Crippen molar-refractivity contribution in [1.29, 1.82) is 5.26 Å². The van der Waals surface area contributed by atoms with Crippen LogP contribution in [0.5, 0.6) is 0 Å². The molecule has 0 aliphatic carbocycles. The molecule has 1 atom stereocenters. The SMILES string of the molecule is COC(=O)[C@@H](C#N)c1nc2ccccc2nc1NCCc1ccccn1. The van der Waals surface area contributed by atoms with Gasteiger partial charge in [0.2, 0.25) is 0 Å². The van der Waals surface area contributed by atoms with E-state index in [1.807, 2.05) is 42.5 Å². The Morgan fingerprint density at radius 2 is 1.92 bits per heavy atom. The van der Waals surface area contributed by atoms with Crippen LogP contribution in [0.1, 0.15) is 17.3 Å². The summed E-state index contributed by atoms with van der Waals surface area (Å²) < 4.78 is 4.73. The second kappa shape index (κ2) is 8.03. The van der Waals surface area contributed by atoms with Crippen molar-refractivity contribution in [2.24, 2.45) is 0 Å². The number of anilines is 1. The van der Waals surface area contributed by atoms with Crippen molar-refractivity contribution < 1.29 is 9.53 Å². The van der Waals surface area contributed by atoms with E-state index in [4.69, 9.17) is 4.74 Å². The number of nitrogens with zero attached hydrogens (tertiary/aromatic N) is 4. The first-order chi connectivity index (χ1) is 12.7. The molecule has 0 saturated heterocycles. The summed E-state index contributed by atoms with van der Waals surface area (Å²) in [7, 11) is 1.25. The molecule has 0 radical (unpaired) electrons. The molecule has 130 valence electrons. The molecule has 7 heteroatoms. The van der Waals surface area contributed by atoms with Crippen molar-refractivity contribution in [3.8, 4) is 6.07 Å². The lowest BCUT2D eigenvalue weighted by Gasteiger charge is -2.14. The number of para-hydroxylation sites is 2. The first kappa shape index (κ1) is 17.3. The molecule has 0 amide bonds. The first-order valence-corrected chi connectivity index (χ1v) is 8.11. The fraction of sp³-hybridized carbons (Fsp3) is 0.211. The number of nitrogens with one attached hydrogen (secondary N) is 1. The number of methoxy groups -OCH3 is 1. The van der Waals surface area contributed by atoms with E-state index in [9.17, 15) is 10.1 Å². The zero-order chi connectivity index (χ0) is 18.4. The summed E-state index contributed by atoms with van der Waals surface area (Å²) in [6.07, 6.45) is 2.41. The number of nitriles is 1. The van der Waals surface area contributed by atoms with Gasteiger partial charge in [0.25, 0.3) is 0 Å². The molecule has 3 aromatic rings. The normalized spacial score (nSPS) is 11.5. The molecule has 0 aliphatic rings. The zero-order valence-electron chi connectivity index (χ0n) is 14.2. The van der Waals surface area contributed by atoms with E-state index in [-0.39, 0.29) is 5.69 Å². The minimum Gasteiger partial charge on any atom is -0.468 e. The summed E-state index contributed by atoms with van der Waals surface area (Å²) in [5.74, 6) is -1.41. The van der Waals surface area contributed by atoms with Gasteiger partial charge in [-0.2, -0.15) is 5.26 Å². The molecule has 0 saturated carbocycles. The lowest BCUT2D eigenvalue weighted by atomic mass is 10.1. The number of carbonyl (C=O) groups is 1. The number of pyridine rings is 1. The maximum atomic E-state index is 12.0. The fourth-order valence-corrected chi connectivity index (χ4v) is 2.54. The lowest BCUT2D eigenvalue weighted by molar-refractivity contribution is -0.141. The Morgan fingerprint density at radius 3 is 2.58 bits per heavy atom. The molecule has 7 nitrogen and oxygen atoms in total. The Labute approximate surface area is 150 Å². The van der Waals surface area contributed by atoms with Crippen LogP contribution in [0.15, 0.2) is 48.7 Å². The fourth-order valence-electron chi connectivity index (χ4n) is 2.54. The van der Waals surface area contributed by atoms with E-state index < -0.39 is 11.9 Å². The third kappa shape index (κ3) is 3.75. The van der Waals surface area contributed by atoms with Crippen LogP contribution in [0, 0.1) is 11.3 Å². The van der Waals surface area contributed by atoms with Gasteiger partial charge in [-0.3, -0.25) is 9.78 Å². The van der Waals surface area contributed by atoms with Gasteiger partial charge in [0.05, 0.1) is 24.2 Å². The van der Waals surface area contributed by atoms with Crippen LogP contribution in [-0.4, -0.2) is 34.6 Å². The molecule has 0 aliphatic heterocycles. The molecule has 0 spiro atoms. The highest BCUT2D eigenvalue weighted by Crippen LogP contribution is 2.25. The van der Waals surface area contributed by atoms with Gasteiger partial charge in [-0.15, -0.1) is 0 Å². The highest BCUT2D eigenvalue weighted by atomic mass is 16.5. The first-order valence-electron chi connectivity index (χ1n) is 8.11. The summed E-state index contributed by atoms with van der Waals surface area (Å²) in [6, 6.07) is 15.0. The Kier molecular flexibility index (Phi) is 5.34. The molecule has 2 heterocycles. The highest BCUT2D eigenvalue weighted by Gasteiger charge is 2.27. The van der Waals surface area contributed by atoms with Gasteiger partial charge in [-0.05, 0) is 24.3 Å². The van der Waals surface area contributed by atoms with Crippen LogP contribution in [0.3, 0.4) is 0 Å². The Balaban J connectivity index is 1.92. The minimum atomic E-state index is -1.14. The monoisotopic (exact) mass is 347 g/mol. The number of esters is 1. The van der Waals surface area contributed by atoms with Gasteiger partial charge in [-0.25, -0.2) is 9.97 Å². The molecule has 0 bridgehead atoms. The Bertz CT molecular complexity index is 953. The predicted molar refractivity (Wildman–Crippen MR) is 96.3 cm³/mol. The van der Waals surface area contributed by atoms with Crippen LogP contribution in [0.4, 0.5) is 5.82 Å². The predicted octanol–water partition coefficient (Wildman–Crippen LogP) is 2.46. The number of fused-ring (bicyclic) bond motifs is 1. The zero-order valence-corrected chi connectivity index (χ0v) is 14.2. The molecular formula is C19H17N5O2. The third-order valence-electron chi connectivity index (χ3n) is 3.84. The number of hydrogen-bond acceptors (Lipinski definition) is 7. The molecule has 0 fully saturated rings. The lowest BCUT2D eigenvalue weighted by Crippen LogP contribution is -2.18. The topological polar surface area (TPSA) is 101 Å². The van der Waals surface area contributed by atoms with Gasteiger partial charge in [0.1, 0.15) is 5.69 Å². The quantitative estimate of drug-likeness (QED) is 0.683. The number of benzene rings is 1. The molecule has 3 rings (SSSR count). The summed E-state index contributed by atoms with van der Waals surface area (Å²) in [5.41, 5.74) is 2.49. The smallest absolute Gasteiger partial charge is 0.329 e. The Hall–Kier alpha value is -3.53. The highest BCUT2D eigenvalue weighted by molar-refractivity contribution is 5.84. The third-order valence-corrected chi connectivity index (χ3v) is 3.84. The van der Waals surface area contributed by atoms with Crippen molar-refractivity contribution >= 4 is 22.8 Å². The average Bonchev–Trinajstić information content (AvgIpc) is 2.69. The number of carbonyl (C=O) groups excluding carboxylic acids is 1. The number of ether oxygens (including phenoxy) is 1. The second-order valence-electron chi connectivity index (χ2n) is 5.53. The number of aromatic nitrogens is 3. The van der Waals surface area contributed by atoms with Crippen molar-refractivity contribution in [2.75, 3.05) is 19.0 Å². The summed E-state index contributed by atoms with van der Waals surface area (Å²) in [6.45, 7) is 0.538. The van der Waals surface area contributed by atoms with Crippen LogP contribution < -0.4 is 5.32 Å². The van der Waals surface area contributed by atoms with E-state index in [2.05, 4.69) is 20.3 Å². The second-order valence-corrected chi connectivity index (χ2v) is 5.53. The number of rotatable bonds is 6. The summed E-state index contributed by atoms with van der Waals surface area (Å²) >= 11 is 0. The van der Waals surface area contributed by atoms with E-state index in [1.165, 1.54) is 7.11 Å². The number of hydrogen-bond donors (Lipinski definition) is 1. The molecule has 2 aromatic heterocycles. The summed E-state index contributed by atoms with van der Waals surface area (Å²) in [5, 5.41) is 12.6. The molecule has 1 aromatic carbocycles. The van der Waals surface area contributed by atoms with E-state index in [1.54, 1.807) is 12.3 Å². The van der Waals surface area contributed by atoms with E-state index in [0.717, 1.165) is 5.69 Å². The molecule has 26 heavy (non-hydrogen) atoms. The van der Waals surface area contributed by atoms with Crippen LogP contribution >= 0.6 is 0 Å². The summed E-state index contributed by atoms with van der Waals surface area (Å²) in [4.78, 5) is 25.3. The van der Waals surface area contributed by atoms with Crippen LogP contribution in [0.2, 0.25) is 0 Å². The maximum Gasteiger partial charge on any atom is 0.329 e. The molecular weight excluding hydrogens is 330 g/mol. The Morgan fingerprint density at radius 1 is 1.19 bits per heavy atom. The van der Waals surface area contributed by atoms with Gasteiger partial charge < -0.3 is 10.1 Å². The average molecular weight is 347 g/mol. The maximum absolute atomic E-state index is 12.0. The van der Waals surface area contributed by atoms with Gasteiger partial charge >= 0.3 is 5.97 Å². The van der Waals surface area contributed by atoms with Crippen molar-refractivity contribution in [2.45, 2.75) is 12.3 Å². The largest absolute Gasteiger partial charge is 0.468 e. The molecule has 1 N–H and O–H groups in total.